The lowest BCUT2D eigenvalue weighted by molar-refractivity contribution is -0.137. The normalized spacial score (nSPS) is 10.0. The lowest BCUT2D eigenvalue weighted by Gasteiger charge is -2.04. The summed E-state index contributed by atoms with van der Waals surface area (Å²) in [6, 6.07) is 3.99. The molecule has 0 fully saturated rings. The van der Waals surface area contributed by atoms with E-state index in [1.165, 1.54) is 18.2 Å². The van der Waals surface area contributed by atoms with Crippen molar-refractivity contribution in [2.75, 3.05) is 6.54 Å². The Morgan fingerprint density at radius 3 is 2.53 bits per heavy atom. The number of aliphatic carboxylic acids is 1. The summed E-state index contributed by atoms with van der Waals surface area (Å²) >= 11 is 0. The van der Waals surface area contributed by atoms with Crippen molar-refractivity contribution in [2.45, 2.75) is 19.8 Å². The number of nitrogens with one attached hydrogen (secondary N) is 1. The van der Waals surface area contributed by atoms with E-state index >= 15 is 0 Å². The Labute approximate surface area is 109 Å². The molecule has 0 saturated carbocycles. The molecule has 0 aliphatic heterocycles. The highest BCUT2D eigenvalue weighted by molar-refractivity contribution is 5.98. The summed E-state index contributed by atoms with van der Waals surface area (Å²) in [5.74, 6) is -2.33. The van der Waals surface area contributed by atoms with Gasteiger partial charge in [0, 0.05) is 18.4 Å². The van der Waals surface area contributed by atoms with Gasteiger partial charge >= 0.3 is 5.97 Å². The van der Waals surface area contributed by atoms with Crippen molar-refractivity contribution in [3.05, 3.63) is 35.1 Å². The maximum Gasteiger partial charge on any atom is 0.322 e. The van der Waals surface area contributed by atoms with Crippen LogP contribution in [0.25, 0.3) is 0 Å². The molecule has 5 nitrogen and oxygen atoms in total. The van der Waals surface area contributed by atoms with Crippen LogP contribution in [0.3, 0.4) is 0 Å². The van der Waals surface area contributed by atoms with E-state index in [9.17, 15) is 18.8 Å². The van der Waals surface area contributed by atoms with Crippen LogP contribution in [0.1, 0.15) is 28.8 Å². The topological polar surface area (TPSA) is 83.5 Å². The molecule has 0 saturated heterocycles. The van der Waals surface area contributed by atoms with Gasteiger partial charge in [-0.05, 0) is 30.7 Å². The molecule has 102 valence electrons. The largest absolute Gasteiger partial charge is 0.480 e. The monoisotopic (exact) mass is 267 g/mol. The molecule has 1 rings (SSSR count). The average molecular weight is 267 g/mol. The number of rotatable bonds is 6. The number of halogens is 1. The zero-order valence-electron chi connectivity index (χ0n) is 10.4. The number of benzene rings is 1. The summed E-state index contributed by atoms with van der Waals surface area (Å²) in [5, 5.41) is 10.5. The molecular weight excluding hydrogens is 253 g/mol. The molecule has 2 N–H and O–H groups in total. The zero-order chi connectivity index (χ0) is 14.4. The number of ketones is 1. The van der Waals surface area contributed by atoms with Gasteiger partial charge in [-0.3, -0.25) is 14.4 Å². The van der Waals surface area contributed by atoms with Crippen LogP contribution in [0, 0.1) is 12.7 Å². The molecule has 1 aromatic rings. The van der Waals surface area contributed by atoms with E-state index in [-0.39, 0.29) is 18.6 Å². The fourth-order valence-electron chi connectivity index (χ4n) is 1.45. The first-order chi connectivity index (χ1) is 8.90. The summed E-state index contributed by atoms with van der Waals surface area (Å²) < 4.78 is 13.0. The Hall–Kier alpha value is -2.24. The molecule has 0 spiro atoms. The van der Waals surface area contributed by atoms with Crippen molar-refractivity contribution >= 4 is 17.7 Å². The second-order valence-corrected chi connectivity index (χ2v) is 4.06. The lowest BCUT2D eigenvalue weighted by Crippen LogP contribution is -2.29. The van der Waals surface area contributed by atoms with Crippen LogP contribution < -0.4 is 5.32 Å². The third-order valence-electron chi connectivity index (χ3n) is 2.50. The van der Waals surface area contributed by atoms with Gasteiger partial charge in [0.15, 0.2) is 5.78 Å². The minimum absolute atomic E-state index is 0.0451. The standard InChI is InChI=1S/C13H14FNO4/c1-8-6-9(2-3-10(8)14)11(16)4-5-12(17)15-7-13(18)19/h2-3,6H,4-5,7H2,1H3,(H,15,17)(H,18,19). The molecule has 1 aromatic carbocycles. The minimum Gasteiger partial charge on any atom is -0.480 e. The molecule has 1 amide bonds. The van der Waals surface area contributed by atoms with Gasteiger partial charge in [0.25, 0.3) is 0 Å². The molecule has 0 atom stereocenters. The molecule has 19 heavy (non-hydrogen) atoms. The van der Waals surface area contributed by atoms with Crippen molar-refractivity contribution in [2.24, 2.45) is 0 Å². The summed E-state index contributed by atoms with van der Waals surface area (Å²) in [6.07, 6.45) is -0.140. The quantitative estimate of drug-likeness (QED) is 0.761. The van der Waals surface area contributed by atoms with E-state index in [4.69, 9.17) is 5.11 Å². The number of carboxylic acid groups (broad SMARTS) is 1. The van der Waals surface area contributed by atoms with E-state index in [0.717, 1.165) is 0 Å². The summed E-state index contributed by atoms with van der Waals surface area (Å²) in [6.45, 7) is 1.08. The van der Waals surface area contributed by atoms with Crippen molar-refractivity contribution in [1.82, 2.24) is 5.32 Å². The van der Waals surface area contributed by atoms with Gasteiger partial charge in [0.2, 0.25) is 5.91 Å². The van der Waals surface area contributed by atoms with Gasteiger partial charge in [-0.2, -0.15) is 0 Å². The number of carbonyl (C=O) groups excluding carboxylic acids is 2. The molecule has 6 heteroatoms. The maximum absolute atomic E-state index is 13.0. The van der Waals surface area contributed by atoms with Crippen molar-refractivity contribution in [3.8, 4) is 0 Å². The SMILES string of the molecule is Cc1cc(C(=O)CCC(=O)NCC(=O)O)ccc1F. The van der Waals surface area contributed by atoms with Gasteiger partial charge in [0.05, 0.1) is 0 Å². The Morgan fingerprint density at radius 1 is 1.26 bits per heavy atom. The predicted octanol–water partition coefficient (Wildman–Crippen LogP) is 1.30. The van der Waals surface area contributed by atoms with E-state index in [1.54, 1.807) is 6.92 Å². The zero-order valence-corrected chi connectivity index (χ0v) is 10.4. The van der Waals surface area contributed by atoms with E-state index < -0.39 is 24.2 Å². The number of Topliss-reactive ketones (excluding diaryl/α,β-unsaturated/α-hetero) is 1. The number of carbonyl (C=O) groups is 3. The summed E-state index contributed by atoms with van der Waals surface area (Å²) in [4.78, 5) is 33.2. The third kappa shape index (κ3) is 4.87. The third-order valence-corrected chi connectivity index (χ3v) is 2.50. The van der Waals surface area contributed by atoms with Crippen molar-refractivity contribution in [1.29, 1.82) is 0 Å². The Bertz CT molecular complexity index is 513. The van der Waals surface area contributed by atoms with Gasteiger partial charge < -0.3 is 10.4 Å². The van der Waals surface area contributed by atoms with Crippen LogP contribution in [0.15, 0.2) is 18.2 Å². The fourth-order valence-corrected chi connectivity index (χ4v) is 1.45. The van der Waals surface area contributed by atoms with Crippen LogP contribution in [0.5, 0.6) is 0 Å². The second kappa shape index (κ2) is 6.63. The van der Waals surface area contributed by atoms with Crippen LogP contribution in [-0.4, -0.2) is 29.3 Å². The summed E-state index contributed by atoms with van der Waals surface area (Å²) in [7, 11) is 0. The van der Waals surface area contributed by atoms with Crippen LogP contribution in [0.4, 0.5) is 4.39 Å². The molecule has 0 radical (unpaired) electrons. The molecule has 0 aromatic heterocycles. The molecule has 0 aliphatic rings. The van der Waals surface area contributed by atoms with E-state index in [0.29, 0.717) is 11.1 Å². The Morgan fingerprint density at radius 2 is 1.95 bits per heavy atom. The highest BCUT2D eigenvalue weighted by atomic mass is 19.1. The lowest BCUT2D eigenvalue weighted by atomic mass is 10.0. The molecule has 0 unspecified atom stereocenters. The van der Waals surface area contributed by atoms with Gasteiger partial charge in [-0.25, -0.2) is 4.39 Å². The number of aryl methyl sites for hydroxylation is 1. The first-order valence-corrected chi connectivity index (χ1v) is 5.68. The predicted molar refractivity (Wildman–Crippen MR) is 65.3 cm³/mol. The minimum atomic E-state index is -1.14. The van der Waals surface area contributed by atoms with Gasteiger partial charge in [0.1, 0.15) is 12.4 Å². The van der Waals surface area contributed by atoms with E-state index in [2.05, 4.69) is 5.32 Å². The number of carboxylic acids is 1. The number of hydrogen-bond donors (Lipinski definition) is 2. The maximum atomic E-state index is 13.0. The summed E-state index contributed by atoms with van der Waals surface area (Å²) in [5.41, 5.74) is 0.700. The number of amides is 1. The highest BCUT2D eigenvalue weighted by Gasteiger charge is 2.11. The van der Waals surface area contributed by atoms with Crippen LogP contribution >= 0.6 is 0 Å². The second-order valence-electron chi connectivity index (χ2n) is 4.06. The van der Waals surface area contributed by atoms with Crippen LogP contribution in [-0.2, 0) is 9.59 Å². The molecule has 0 bridgehead atoms. The molecule has 0 aliphatic carbocycles. The smallest absolute Gasteiger partial charge is 0.322 e. The molecule has 0 heterocycles. The first-order valence-electron chi connectivity index (χ1n) is 5.68. The Balaban J connectivity index is 2.49. The van der Waals surface area contributed by atoms with Gasteiger partial charge in [-0.15, -0.1) is 0 Å². The first kappa shape index (κ1) is 14.8. The Kier molecular flexibility index (Phi) is 5.17. The molecular formula is C13H14FNO4. The van der Waals surface area contributed by atoms with Crippen LogP contribution in [0.2, 0.25) is 0 Å². The van der Waals surface area contributed by atoms with Gasteiger partial charge in [-0.1, -0.05) is 0 Å². The average Bonchev–Trinajstić information content (AvgIpc) is 2.36. The van der Waals surface area contributed by atoms with Crippen molar-refractivity contribution < 1.29 is 23.9 Å². The van der Waals surface area contributed by atoms with E-state index in [1.807, 2.05) is 0 Å². The number of hydrogen-bond acceptors (Lipinski definition) is 3. The fraction of sp³-hybridized carbons (Fsp3) is 0.308. The van der Waals surface area contributed by atoms with Crippen molar-refractivity contribution in [3.63, 3.8) is 0 Å². The highest BCUT2D eigenvalue weighted by Crippen LogP contribution is 2.11.